The number of hydrogen-bond donors (Lipinski definition) is 1. The lowest BCUT2D eigenvalue weighted by atomic mass is 10.0. The SMILES string of the molecule is CCOc1nc(N=[N+]=[N-])nn2c([C@]3(O)O[C@H](COCc4ccccc4)[C@@H](OCc4ccccc4)[C@H]3F)cnc12. The highest BCUT2D eigenvalue weighted by Gasteiger charge is 2.59. The molecule has 1 aliphatic heterocycles. The van der Waals surface area contributed by atoms with Gasteiger partial charge in [-0.2, -0.15) is 4.98 Å². The third kappa shape index (κ3) is 5.53. The van der Waals surface area contributed by atoms with Gasteiger partial charge in [0.25, 0.3) is 5.88 Å². The molecular formula is C26H26FN7O5. The molecule has 13 heteroatoms. The molecule has 0 bridgehead atoms. The lowest BCUT2D eigenvalue weighted by molar-refractivity contribution is -0.232. The van der Waals surface area contributed by atoms with Gasteiger partial charge in [-0.05, 0) is 28.7 Å². The Kier molecular flexibility index (Phi) is 7.96. The molecule has 39 heavy (non-hydrogen) atoms. The van der Waals surface area contributed by atoms with Gasteiger partial charge in [0, 0.05) is 4.91 Å². The highest BCUT2D eigenvalue weighted by atomic mass is 19.1. The van der Waals surface area contributed by atoms with E-state index in [9.17, 15) is 5.11 Å². The van der Waals surface area contributed by atoms with Gasteiger partial charge in [-0.25, -0.2) is 13.9 Å². The standard InChI is InChI=1S/C26H26FN7O5/c1-2-37-24-23-29-13-20(34(23)32-25(30-24)31-33-28)26(35)22(27)21(38-15-18-11-7-4-8-12-18)19(39-26)16-36-14-17-9-5-3-6-10-17/h3-13,19,21-22,35H,2,14-16H2,1H3/t19-,21-,22-,26+/m1/s1. The third-order valence-corrected chi connectivity index (χ3v) is 6.14. The molecule has 1 saturated heterocycles. The smallest absolute Gasteiger partial charge is 0.261 e. The first-order valence-electron chi connectivity index (χ1n) is 12.3. The van der Waals surface area contributed by atoms with Crippen LogP contribution in [0.4, 0.5) is 10.3 Å². The number of hydrogen-bond acceptors (Lipinski definition) is 9. The van der Waals surface area contributed by atoms with Crippen LogP contribution in [0.25, 0.3) is 16.1 Å². The molecule has 0 radical (unpaired) electrons. The van der Waals surface area contributed by atoms with Gasteiger partial charge < -0.3 is 24.1 Å². The van der Waals surface area contributed by atoms with Gasteiger partial charge in [0.15, 0.2) is 6.17 Å². The molecule has 2 aromatic carbocycles. The lowest BCUT2D eigenvalue weighted by Crippen LogP contribution is -2.40. The summed E-state index contributed by atoms with van der Waals surface area (Å²) < 4.78 is 40.5. The van der Waals surface area contributed by atoms with Crippen molar-refractivity contribution in [1.82, 2.24) is 19.6 Å². The van der Waals surface area contributed by atoms with Crippen molar-refractivity contribution in [3.05, 3.63) is 94.1 Å². The zero-order chi connectivity index (χ0) is 27.2. The molecule has 1 fully saturated rings. The summed E-state index contributed by atoms with van der Waals surface area (Å²) in [5.41, 5.74) is 10.6. The van der Waals surface area contributed by atoms with Crippen LogP contribution in [-0.4, -0.2) is 56.3 Å². The number of fused-ring (bicyclic) bond motifs is 1. The molecule has 4 atom stereocenters. The zero-order valence-corrected chi connectivity index (χ0v) is 21.0. The van der Waals surface area contributed by atoms with Gasteiger partial charge in [-0.1, -0.05) is 60.7 Å². The second kappa shape index (κ2) is 11.7. The fourth-order valence-corrected chi connectivity index (χ4v) is 4.34. The number of nitrogens with zero attached hydrogens (tertiary/aromatic N) is 7. The molecule has 4 aromatic rings. The van der Waals surface area contributed by atoms with E-state index in [0.717, 1.165) is 15.6 Å². The van der Waals surface area contributed by atoms with Crippen molar-refractivity contribution in [1.29, 1.82) is 0 Å². The summed E-state index contributed by atoms with van der Waals surface area (Å²) >= 11 is 0. The molecule has 0 spiro atoms. The van der Waals surface area contributed by atoms with Crippen LogP contribution in [0.15, 0.2) is 72.0 Å². The number of imidazole rings is 1. The number of rotatable bonds is 11. The predicted molar refractivity (Wildman–Crippen MR) is 136 cm³/mol. The fraction of sp³-hybridized carbons (Fsp3) is 0.346. The van der Waals surface area contributed by atoms with E-state index in [0.29, 0.717) is 0 Å². The Balaban J connectivity index is 1.46. The monoisotopic (exact) mass is 535 g/mol. The predicted octanol–water partition coefficient (Wildman–Crippen LogP) is 4.15. The molecule has 2 aromatic heterocycles. The van der Waals surface area contributed by atoms with Crippen LogP contribution in [0.1, 0.15) is 23.7 Å². The first-order valence-corrected chi connectivity index (χ1v) is 12.3. The van der Waals surface area contributed by atoms with Crippen LogP contribution in [0.3, 0.4) is 0 Å². The van der Waals surface area contributed by atoms with Gasteiger partial charge in [-0.15, -0.1) is 5.10 Å². The molecule has 1 N–H and O–H groups in total. The van der Waals surface area contributed by atoms with Gasteiger partial charge in [0.1, 0.15) is 17.9 Å². The first kappa shape index (κ1) is 26.5. The summed E-state index contributed by atoms with van der Waals surface area (Å²) in [6.07, 6.45) is -3.02. The Morgan fingerprint density at radius 2 is 1.82 bits per heavy atom. The molecule has 1 aliphatic rings. The minimum absolute atomic E-state index is 0.00206. The molecule has 0 saturated carbocycles. The van der Waals surface area contributed by atoms with E-state index in [1.807, 2.05) is 60.7 Å². The molecule has 0 unspecified atom stereocenters. The van der Waals surface area contributed by atoms with E-state index >= 15 is 4.39 Å². The number of alkyl halides is 1. The van der Waals surface area contributed by atoms with E-state index in [1.165, 1.54) is 6.20 Å². The van der Waals surface area contributed by atoms with Gasteiger partial charge in [0.2, 0.25) is 17.4 Å². The molecule has 5 rings (SSSR count). The van der Waals surface area contributed by atoms with Crippen molar-refractivity contribution in [2.45, 2.75) is 44.3 Å². The first-order chi connectivity index (χ1) is 19.0. The highest BCUT2D eigenvalue weighted by Crippen LogP contribution is 2.42. The maximum absolute atomic E-state index is 16.2. The molecule has 12 nitrogen and oxygen atoms in total. The van der Waals surface area contributed by atoms with Crippen molar-refractivity contribution < 1.29 is 28.4 Å². The van der Waals surface area contributed by atoms with Crippen LogP contribution >= 0.6 is 0 Å². The maximum atomic E-state index is 16.2. The minimum Gasteiger partial charge on any atom is -0.475 e. The lowest BCUT2D eigenvalue weighted by Gasteiger charge is -2.24. The summed E-state index contributed by atoms with van der Waals surface area (Å²) in [6.45, 7) is 2.25. The summed E-state index contributed by atoms with van der Waals surface area (Å²) in [4.78, 5) is 10.9. The average Bonchev–Trinajstić information content (AvgIpc) is 3.49. The minimum atomic E-state index is -2.52. The zero-order valence-electron chi connectivity index (χ0n) is 21.0. The van der Waals surface area contributed by atoms with E-state index in [4.69, 9.17) is 24.5 Å². The summed E-state index contributed by atoms with van der Waals surface area (Å²) in [6, 6.07) is 18.8. The molecular weight excluding hydrogens is 509 g/mol. The van der Waals surface area contributed by atoms with Crippen LogP contribution in [0.2, 0.25) is 0 Å². The van der Waals surface area contributed by atoms with E-state index < -0.39 is 24.2 Å². The van der Waals surface area contributed by atoms with Crippen LogP contribution < -0.4 is 4.74 Å². The second-order valence-electron chi connectivity index (χ2n) is 8.73. The largest absolute Gasteiger partial charge is 0.475 e. The molecule has 0 amide bonds. The van der Waals surface area contributed by atoms with E-state index in [1.54, 1.807) is 6.92 Å². The Bertz CT molecular complexity index is 1450. The number of aromatic nitrogens is 4. The van der Waals surface area contributed by atoms with Crippen LogP contribution in [0, 0.1) is 0 Å². The Hall–Kier alpha value is -4.13. The highest BCUT2D eigenvalue weighted by molar-refractivity contribution is 5.51. The van der Waals surface area contributed by atoms with Crippen LogP contribution in [-0.2, 0) is 33.2 Å². The van der Waals surface area contributed by atoms with Crippen LogP contribution in [0.5, 0.6) is 5.88 Å². The third-order valence-electron chi connectivity index (χ3n) is 6.14. The fourth-order valence-electron chi connectivity index (χ4n) is 4.34. The number of ether oxygens (including phenoxy) is 4. The second-order valence-corrected chi connectivity index (χ2v) is 8.73. The topological polar surface area (TPSA) is 149 Å². The number of azide groups is 1. The molecule has 3 heterocycles. The van der Waals surface area contributed by atoms with Crippen molar-refractivity contribution in [3.8, 4) is 5.88 Å². The summed E-state index contributed by atoms with van der Waals surface area (Å²) in [5, 5.41) is 19.1. The van der Waals surface area contributed by atoms with Crippen molar-refractivity contribution in [2.24, 2.45) is 5.11 Å². The van der Waals surface area contributed by atoms with E-state index in [-0.39, 0.29) is 49.6 Å². The van der Waals surface area contributed by atoms with Gasteiger partial charge in [-0.3, -0.25) is 0 Å². The maximum Gasteiger partial charge on any atom is 0.261 e. The Labute approximate surface area is 222 Å². The summed E-state index contributed by atoms with van der Waals surface area (Å²) in [7, 11) is 0. The molecule has 0 aliphatic carbocycles. The van der Waals surface area contributed by atoms with Gasteiger partial charge in [0.05, 0.1) is 32.6 Å². The van der Waals surface area contributed by atoms with Crippen molar-refractivity contribution in [3.63, 3.8) is 0 Å². The van der Waals surface area contributed by atoms with E-state index in [2.05, 4.69) is 25.1 Å². The Morgan fingerprint density at radius 1 is 1.13 bits per heavy atom. The quantitative estimate of drug-likeness (QED) is 0.171. The number of benzene rings is 2. The average molecular weight is 536 g/mol. The molecule has 202 valence electrons. The van der Waals surface area contributed by atoms with Crippen molar-refractivity contribution in [2.75, 3.05) is 13.2 Å². The Morgan fingerprint density at radius 3 is 2.49 bits per heavy atom. The summed E-state index contributed by atoms with van der Waals surface area (Å²) in [5.74, 6) is -2.82. The van der Waals surface area contributed by atoms with Crippen molar-refractivity contribution >= 4 is 11.6 Å². The normalized spacial score (nSPS) is 22.6. The number of halogens is 1. The van der Waals surface area contributed by atoms with Gasteiger partial charge >= 0.3 is 0 Å². The number of aliphatic hydroxyl groups is 1.